The van der Waals surface area contributed by atoms with Gasteiger partial charge in [0.1, 0.15) is 0 Å². The van der Waals surface area contributed by atoms with Crippen LogP contribution < -0.4 is 11.1 Å². The Kier molecular flexibility index (Phi) is 3.85. The largest absolute Gasteiger partial charge is 0.398 e. The van der Waals surface area contributed by atoms with Gasteiger partial charge in [-0.25, -0.2) is 0 Å². The van der Waals surface area contributed by atoms with Crippen LogP contribution in [0.2, 0.25) is 0 Å². The smallest absolute Gasteiger partial charge is 0.253 e. The number of benzene rings is 1. The summed E-state index contributed by atoms with van der Waals surface area (Å²) in [7, 11) is 0. The van der Waals surface area contributed by atoms with Gasteiger partial charge in [-0.1, -0.05) is 18.6 Å². The van der Waals surface area contributed by atoms with Crippen LogP contribution in [0, 0.1) is 6.92 Å². The van der Waals surface area contributed by atoms with Crippen LogP contribution in [0.5, 0.6) is 0 Å². The molecule has 4 heteroatoms. The van der Waals surface area contributed by atoms with Gasteiger partial charge in [-0.15, -0.1) is 0 Å². The maximum absolute atomic E-state index is 12.1. The van der Waals surface area contributed by atoms with Gasteiger partial charge >= 0.3 is 0 Å². The second kappa shape index (κ2) is 5.22. The van der Waals surface area contributed by atoms with Crippen molar-refractivity contribution in [2.45, 2.75) is 30.9 Å². The van der Waals surface area contributed by atoms with E-state index in [2.05, 4.69) is 11.6 Å². The molecule has 0 aliphatic heterocycles. The number of carbonyl (C=O) groups excluding carboxylic acids is 1. The number of aryl methyl sites for hydroxylation is 1. The van der Waals surface area contributed by atoms with Crippen LogP contribution in [0.3, 0.4) is 0 Å². The fraction of sp³-hybridized carbons (Fsp3) is 0.500. The first-order valence-corrected chi connectivity index (χ1v) is 7.49. The Bertz CT molecular complexity index is 450. The monoisotopic (exact) mass is 264 g/mol. The van der Waals surface area contributed by atoms with Crippen LogP contribution in [-0.4, -0.2) is 23.5 Å². The minimum Gasteiger partial charge on any atom is -0.398 e. The van der Waals surface area contributed by atoms with E-state index in [9.17, 15) is 4.79 Å². The van der Waals surface area contributed by atoms with E-state index >= 15 is 0 Å². The molecule has 0 bridgehead atoms. The number of hydrogen-bond acceptors (Lipinski definition) is 3. The summed E-state index contributed by atoms with van der Waals surface area (Å²) in [5.41, 5.74) is 8.06. The number of hydrogen-bond donors (Lipinski definition) is 2. The van der Waals surface area contributed by atoms with Crippen LogP contribution in [0.1, 0.15) is 35.2 Å². The lowest BCUT2D eigenvalue weighted by Crippen LogP contribution is -2.45. The van der Waals surface area contributed by atoms with Gasteiger partial charge in [0, 0.05) is 17.0 Å². The third-order valence-corrected chi connectivity index (χ3v) is 5.26. The number of thioether (sulfide) groups is 1. The number of nitrogens with two attached hydrogens (primary N) is 1. The molecule has 0 atom stereocenters. The van der Waals surface area contributed by atoms with Gasteiger partial charge in [0.25, 0.3) is 5.91 Å². The summed E-state index contributed by atoms with van der Waals surface area (Å²) in [5, 5.41) is 3.02. The van der Waals surface area contributed by atoms with Crippen molar-refractivity contribution in [3.63, 3.8) is 0 Å². The average molecular weight is 264 g/mol. The number of nitrogen functional groups attached to an aromatic ring is 1. The zero-order valence-corrected chi connectivity index (χ0v) is 11.8. The molecule has 0 unspecified atom stereocenters. The molecule has 1 saturated carbocycles. The lowest BCUT2D eigenvalue weighted by Gasteiger charge is -2.40. The molecule has 18 heavy (non-hydrogen) atoms. The van der Waals surface area contributed by atoms with Crippen LogP contribution in [0.4, 0.5) is 5.69 Å². The molecule has 1 aliphatic rings. The molecule has 0 heterocycles. The van der Waals surface area contributed by atoms with Crippen molar-refractivity contribution in [3.8, 4) is 0 Å². The quantitative estimate of drug-likeness (QED) is 0.822. The molecular formula is C14H20N2OS. The highest BCUT2D eigenvalue weighted by atomic mass is 32.2. The maximum atomic E-state index is 12.1. The van der Waals surface area contributed by atoms with Crippen molar-refractivity contribution < 1.29 is 4.79 Å². The highest BCUT2D eigenvalue weighted by Gasteiger charge is 2.36. The third-order valence-electron chi connectivity index (χ3n) is 3.84. The van der Waals surface area contributed by atoms with Gasteiger partial charge in [-0.05, 0) is 37.7 Å². The zero-order valence-electron chi connectivity index (χ0n) is 11.0. The normalized spacial score (nSPS) is 17.0. The number of amides is 1. The lowest BCUT2D eigenvalue weighted by atomic mass is 9.84. The molecule has 2 rings (SSSR count). The predicted molar refractivity (Wildman–Crippen MR) is 78.0 cm³/mol. The Labute approximate surface area is 113 Å². The van der Waals surface area contributed by atoms with Crippen molar-refractivity contribution in [1.82, 2.24) is 5.32 Å². The zero-order chi connectivity index (χ0) is 13.2. The Hall–Kier alpha value is -1.16. The van der Waals surface area contributed by atoms with Gasteiger partial charge in [-0.3, -0.25) is 4.79 Å². The molecule has 1 fully saturated rings. The van der Waals surface area contributed by atoms with E-state index in [1.807, 2.05) is 30.8 Å². The van der Waals surface area contributed by atoms with E-state index in [4.69, 9.17) is 5.73 Å². The van der Waals surface area contributed by atoms with Gasteiger partial charge in [0.2, 0.25) is 0 Å². The Morgan fingerprint density at radius 1 is 1.50 bits per heavy atom. The van der Waals surface area contributed by atoms with Gasteiger partial charge in [-0.2, -0.15) is 11.8 Å². The van der Waals surface area contributed by atoms with Crippen LogP contribution >= 0.6 is 11.8 Å². The molecule has 1 aliphatic carbocycles. The molecule has 0 spiro atoms. The maximum Gasteiger partial charge on any atom is 0.253 e. The number of anilines is 1. The van der Waals surface area contributed by atoms with Crippen molar-refractivity contribution in [1.29, 1.82) is 0 Å². The van der Waals surface area contributed by atoms with E-state index in [-0.39, 0.29) is 10.7 Å². The second-order valence-electron chi connectivity index (χ2n) is 4.96. The minimum atomic E-state index is -0.0588. The van der Waals surface area contributed by atoms with Gasteiger partial charge in [0.15, 0.2) is 0 Å². The predicted octanol–water partition coefficient (Wildman–Crippen LogP) is 2.59. The summed E-state index contributed by atoms with van der Waals surface area (Å²) in [6, 6.07) is 5.57. The fourth-order valence-electron chi connectivity index (χ4n) is 2.24. The molecule has 1 aromatic rings. The first-order chi connectivity index (χ1) is 8.58. The molecule has 1 aromatic carbocycles. The first-order valence-electron chi connectivity index (χ1n) is 6.26. The lowest BCUT2D eigenvalue weighted by molar-refractivity contribution is 0.0944. The van der Waals surface area contributed by atoms with E-state index in [1.54, 1.807) is 6.07 Å². The van der Waals surface area contributed by atoms with Crippen LogP contribution in [-0.2, 0) is 0 Å². The highest BCUT2D eigenvalue weighted by molar-refractivity contribution is 8.00. The van der Waals surface area contributed by atoms with Crippen LogP contribution in [0.15, 0.2) is 18.2 Å². The molecule has 98 valence electrons. The second-order valence-corrected chi connectivity index (χ2v) is 6.23. The number of carbonyl (C=O) groups is 1. The average Bonchev–Trinajstić information content (AvgIpc) is 2.31. The van der Waals surface area contributed by atoms with Crippen molar-refractivity contribution in [2.24, 2.45) is 0 Å². The Balaban J connectivity index is 2.02. The molecular weight excluding hydrogens is 244 g/mol. The summed E-state index contributed by atoms with van der Waals surface area (Å²) >= 11 is 1.86. The van der Waals surface area contributed by atoms with Crippen molar-refractivity contribution in [2.75, 3.05) is 18.5 Å². The van der Waals surface area contributed by atoms with Crippen molar-refractivity contribution >= 4 is 23.4 Å². The van der Waals surface area contributed by atoms with Gasteiger partial charge < -0.3 is 11.1 Å². The molecule has 3 nitrogen and oxygen atoms in total. The number of rotatable bonds is 4. The summed E-state index contributed by atoms with van der Waals surface area (Å²) in [4.78, 5) is 12.1. The topological polar surface area (TPSA) is 55.1 Å². The number of para-hydroxylation sites is 1. The number of nitrogens with one attached hydrogen (secondary N) is 1. The Morgan fingerprint density at radius 2 is 2.22 bits per heavy atom. The van der Waals surface area contributed by atoms with Gasteiger partial charge in [0.05, 0.1) is 5.56 Å². The van der Waals surface area contributed by atoms with E-state index < -0.39 is 0 Å². The Morgan fingerprint density at radius 3 is 2.78 bits per heavy atom. The van der Waals surface area contributed by atoms with Crippen molar-refractivity contribution in [3.05, 3.63) is 29.3 Å². The molecule has 1 amide bonds. The highest BCUT2D eigenvalue weighted by Crippen LogP contribution is 2.42. The van der Waals surface area contributed by atoms with Crippen LogP contribution in [0.25, 0.3) is 0 Å². The summed E-state index contributed by atoms with van der Waals surface area (Å²) in [6.45, 7) is 2.65. The molecule has 3 N–H and O–H groups in total. The minimum absolute atomic E-state index is 0.0588. The van der Waals surface area contributed by atoms with E-state index in [0.717, 1.165) is 12.1 Å². The summed E-state index contributed by atoms with van der Waals surface area (Å²) < 4.78 is 0.258. The summed E-state index contributed by atoms with van der Waals surface area (Å²) in [5.74, 6) is -0.0588. The first kappa shape index (κ1) is 13.3. The molecule has 0 saturated heterocycles. The SMILES string of the molecule is CSC1(CNC(=O)c2cccc(C)c2N)CCC1. The fourth-order valence-corrected chi connectivity index (χ4v) is 3.15. The third kappa shape index (κ3) is 2.48. The molecule has 0 aromatic heterocycles. The van der Waals surface area contributed by atoms with E-state index in [1.165, 1.54) is 19.3 Å². The molecule has 0 radical (unpaired) electrons. The standard InChI is InChI=1S/C14H20N2OS/c1-10-5-3-6-11(12(10)15)13(17)16-9-14(18-2)7-4-8-14/h3,5-6H,4,7-9,15H2,1-2H3,(H,16,17). The summed E-state index contributed by atoms with van der Waals surface area (Å²) in [6.07, 6.45) is 5.77. The van der Waals surface area contributed by atoms with E-state index in [0.29, 0.717) is 11.3 Å².